The van der Waals surface area contributed by atoms with Crippen molar-refractivity contribution in [2.45, 2.75) is 13.5 Å². The van der Waals surface area contributed by atoms with E-state index in [0.29, 0.717) is 18.2 Å². The number of thiocarbonyl (C=S) groups is 1. The van der Waals surface area contributed by atoms with Gasteiger partial charge in [-0.15, -0.1) is 0 Å². The van der Waals surface area contributed by atoms with Crippen LogP contribution < -0.4 is 15.2 Å². The van der Waals surface area contributed by atoms with E-state index >= 15 is 0 Å². The molecule has 2 N–H and O–H groups in total. The lowest BCUT2D eigenvalue weighted by Crippen LogP contribution is -2.09. The van der Waals surface area contributed by atoms with Gasteiger partial charge < -0.3 is 15.2 Å². The van der Waals surface area contributed by atoms with Crippen molar-refractivity contribution in [3.05, 3.63) is 59.7 Å². The lowest BCUT2D eigenvalue weighted by Gasteiger charge is -2.09. The summed E-state index contributed by atoms with van der Waals surface area (Å²) < 4.78 is 11.2. The van der Waals surface area contributed by atoms with E-state index in [1.165, 1.54) is 0 Å². The third-order valence-electron chi connectivity index (χ3n) is 2.76. The van der Waals surface area contributed by atoms with E-state index in [0.717, 1.165) is 22.6 Å². The molecule has 0 saturated heterocycles. The van der Waals surface area contributed by atoms with E-state index in [1.54, 1.807) is 0 Å². The van der Waals surface area contributed by atoms with E-state index < -0.39 is 0 Å². The third-order valence-corrected chi connectivity index (χ3v) is 3.00. The molecular formula is C16H17NO2S. The Balaban J connectivity index is 1.97. The minimum Gasteiger partial charge on any atom is -0.494 e. The van der Waals surface area contributed by atoms with Gasteiger partial charge >= 0.3 is 0 Å². The summed E-state index contributed by atoms with van der Waals surface area (Å²) in [5, 5.41) is 0. The fraction of sp³-hybridized carbons (Fsp3) is 0.188. The van der Waals surface area contributed by atoms with Crippen molar-refractivity contribution in [1.29, 1.82) is 0 Å². The second-order valence-electron chi connectivity index (χ2n) is 4.26. The Kier molecular flexibility index (Phi) is 4.96. The van der Waals surface area contributed by atoms with Crippen LogP contribution in [0.4, 0.5) is 0 Å². The number of hydrogen-bond acceptors (Lipinski definition) is 3. The molecule has 104 valence electrons. The Morgan fingerprint density at radius 3 is 2.30 bits per heavy atom. The molecule has 0 unspecified atom stereocenters. The van der Waals surface area contributed by atoms with Crippen molar-refractivity contribution in [3.8, 4) is 11.5 Å². The SMILES string of the molecule is CCOc1cccc(OCc2ccc(C(N)=S)cc2)c1. The average molecular weight is 287 g/mol. The van der Waals surface area contributed by atoms with Crippen LogP contribution in [0.5, 0.6) is 11.5 Å². The standard InChI is InChI=1S/C16H17NO2S/c1-2-18-14-4-3-5-15(10-14)19-11-12-6-8-13(9-7-12)16(17)20/h3-10H,2,11H2,1H3,(H2,17,20). The van der Waals surface area contributed by atoms with Crippen molar-refractivity contribution < 1.29 is 9.47 Å². The second-order valence-corrected chi connectivity index (χ2v) is 4.70. The molecular weight excluding hydrogens is 270 g/mol. The molecule has 0 heterocycles. The zero-order valence-electron chi connectivity index (χ0n) is 11.3. The summed E-state index contributed by atoms with van der Waals surface area (Å²) >= 11 is 4.92. The van der Waals surface area contributed by atoms with Crippen molar-refractivity contribution in [2.24, 2.45) is 5.73 Å². The highest BCUT2D eigenvalue weighted by Crippen LogP contribution is 2.20. The Morgan fingerprint density at radius 2 is 1.70 bits per heavy atom. The maximum absolute atomic E-state index is 5.74. The molecule has 0 aromatic heterocycles. The fourth-order valence-corrected chi connectivity index (χ4v) is 1.89. The van der Waals surface area contributed by atoms with Crippen LogP contribution in [0, 0.1) is 0 Å². The smallest absolute Gasteiger partial charge is 0.123 e. The first-order valence-corrected chi connectivity index (χ1v) is 6.84. The van der Waals surface area contributed by atoms with E-state index in [-0.39, 0.29) is 0 Å². The predicted octanol–water partition coefficient (Wildman–Crippen LogP) is 3.30. The average Bonchev–Trinajstić information content (AvgIpc) is 2.46. The summed E-state index contributed by atoms with van der Waals surface area (Å²) in [6.45, 7) is 3.09. The monoisotopic (exact) mass is 287 g/mol. The van der Waals surface area contributed by atoms with E-state index in [4.69, 9.17) is 27.4 Å². The highest BCUT2D eigenvalue weighted by atomic mass is 32.1. The van der Waals surface area contributed by atoms with Gasteiger partial charge in [0, 0.05) is 11.6 Å². The number of nitrogens with two attached hydrogens (primary N) is 1. The molecule has 20 heavy (non-hydrogen) atoms. The molecule has 0 aliphatic heterocycles. The van der Waals surface area contributed by atoms with Crippen molar-refractivity contribution in [1.82, 2.24) is 0 Å². The Hall–Kier alpha value is -2.07. The molecule has 3 nitrogen and oxygen atoms in total. The summed E-state index contributed by atoms with van der Waals surface area (Å²) in [7, 11) is 0. The van der Waals surface area contributed by atoms with Crippen LogP contribution in [0.1, 0.15) is 18.1 Å². The molecule has 4 heteroatoms. The van der Waals surface area contributed by atoms with E-state index in [2.05, 4.69) is 0 Å². The molecule has 2 aromatic carbocycles. The minimum atomic E-state index is 0.405. The highest BCUT2D eigenvalue weighted by molar-refractivity contribution is 7.80. The Morgan fingerprint density at radius 1 is 1.05 bits per heavy atom. The first-order valence-electron chi connectivity index (χ1n) is 6.43. The summed E-state index contributed by atoms with van der Waals surface area (Å²) in [6, 6.07) is 15.3. The van der Waals surface area contributed by atoms with Crippen LogP contribution >= 0.6 is 12.2 Å². The lowest BCUT2D eigenvalue weighted by molar-refractivity contribution is 0.299. The van der Waals surface area contributed by atoms with Gasteiger partial charge in [0.2, 0.25) is 0 Å². The largest absolute Gasteiger partial charge is 0.494 e. The third kappa shape index (κ3) is 3.96. The summed E-state index contributed by atoms with van der Waals surface area (Å²) in [5.41, 5.74) is 7.49. The molecule has 0 bridgehead atoms. The maximum Gasteiger partial charge on any atom is 0.123 e. The molecule has 0 aliphatic rings. The maximum atomic E-state index is 5.74. The highest BCUT2D eigenvalue weighted by Gasteiger charge is 2.00. The molecule has 0 saturated carbocycles. The van der Waals surface area contributed by atoms with Gasteiger partial charge in [0.1, 0.15) is 23.1 Å². The van der Waals surface area contributed by atoms with Gasteiger partial charge in [-0.1, -0.05) is 42.5 Å². The first kappa shape index (κ1) is 14.3. The number of hydrogen-bond donors (Lipinski definition) is 1. The molecule has 2 rings (SSSR count). The van der Waals surface area contributed by atoms with E-state index in [1.807, 2.05) is 55.5 Å². The van der Waals surface area contributed by atoms with Crippen LogP contribution in [0.3, 0.4) is 0 Å². The fourth-order valence-electron chi connectivity index (χ4n) is 1.75. The van der Waals surface area contributed by atoms with Crippen molar-refractivity contribution >= 4 is 17.2 Å². The minimum absolute atomic E-state index is 0.405. The Labute approximate surface area is 124 Å². The molecule has 0 aliphatic carbocycles. The van der Waals surface area contributed by atoms with Gasteiger partial charge in [-0.3, -0.25) is 0 Å². The van der Waals surface area contributed by atoms with Gasteiger partial charge in [0.05, 0.1) is 6.61 Å². The topological polar surface area (TPSA) is 44.5 Å². The van der Waals surface area contributed by atoms with Crippen LogP contribution in [-0.2, 0) is 6.61 Å². The van der Waals surface area contributed by atoms with E-state index in [9.17, 15) is 0 Å². The summed E-state index contributed by atoms with van der Waals surface area (Å²) in [4.78, 5) is 0.405. The Bertz CT molecular complexity index is 581. The number of benzene rings is 2. The predicted molar refractivity (Wildman–Crippen MR) is 84.3 cm³/mol. The summed E-state index contributed by atoms with van der Waals surface area (Å²) in [5.74, 6) is 1.60. The van der Waals surface area contributed by atoms with Crippen LogP contribution in [-0.4, -0.2) is 11.6 Å². The zero-order chi connectivity index (χ0) is 14.4. The first-order chi connectivity index (χ1) is 9.69. The van der Waals surface area contributed by atoms with Gasteiger partial charge in [-0.25, -0.2) is 0 Å². The molecule has 2 aromatic rings. The van der Waals surface area contributed by atoms with Crippen molar-refractivity contribution in [2.75, 3.05) is 6.61 Å². The molecule has 0 radical (unpaired) electrons. The number of rotatable bonds is 6. The molecule has 0 fully saturated rings. The van der Waals surface area contributed by atoms with Crippen LogP contribution in [0.2, 0.25) is 0 Å². The van der Waals surface area contributed by atoms with Crippen molar-refractivity contribution in [3.63, 3.8) is 0 Å². The lowest BCUT2D eigenvalue weighted by atomic mass is 10.1. The zero-order valence-corrected chi connectivity index (χ0v) is 12.2. The van der Waals surface area contributed by atoms with Gasteiger partial charge in [0.25, 0.3) is 0 Å². The van der Waals surface area contributed by atoms with Crippen LogP contribution in [0.15, 0.2) is 48.5 Å². The normalized spacial score (nSPS) is 10.1. The number of ether oxygens (including phenoxy) is 2. The molecule has 0 atom stereocenters. The molecule has 0 spiro atoms. The van der Waals surface area contributed by atoms with Gasteiger partial charge in [-0.05, 0) is 24.6 Å². The summed E-state index contributed by atoms with van der Waals surface area (Å²) in [6.07, 6.45) is 0. The van der Waals surface area contributed by atoms with Gasteiger partial charge in [0.15, 0.2) is 0 Å². The van der Waals surface area contributed by atoms with Crippen LogP contribution in [0.25, 0.3) is 0 Å². The molecule has 0 amide bonds. The van der Waals surface area contributed by atoms with Gasteiger partial charge in [-0.2, -0.15) is 0 Å². The quantitative estimate of drug-likeness (QED) is 0.828. The second kappa shape index (κ2) is 6.91.